The number of rotatable bonds is 6. The van der Waals surface area contributed by atoms with Gasteiger partial charge in [-0.1, -0.05) is 140 Å². The number of nitrogens with zero attached hydrogens (tertiary/aromatic N) is 4. The summed E-state index contributed by atoms with van der Waals surface area (Å²) in [6.07, 6.45) is 0. The van der Waals surface area contributed by atoms with E-state index in [1.807, 2.05) is 54.6 Å². The number of hydrogen-bond donors (Lipinski definition) is 0. The minimum Gasteiger partial charge on any atom is -0.455 e. The van der Waals surface area contributed by atoms with Crippen molar-refractivity contribution in [1.29, 1.82) is 0 Å². The van der Waals surface area contributed by atoms with Crippen molar-refractivity contribution >= 4 is 43.5 Å². The second-order valence-corrected chi connectivity index (χ2v) is 13.7. The van der Waals surface area contributed by atoms with Gasteiger partial charge in [-0.2, -0.15) is 0 Å². The van der Waals surface area contributed by atoms with Crippen LogP contribution in [0.2, 0.25) is 0 Å². The van der Waals surface area contributed by atoms with Crippen LogP contribution in [0, 0.1) is 0 Å². The van der Waals surface area contributed by atoms with Crippen LogP contribution in [0.1, 0.15) is 0 Å². The van der Waals surface area contributed by atoms with E-state index in [2.05, 4.69) is 115 Å². The molecular weight excluding hydrogens is 657 g/mol. The standard InChI is InChI=1S/C46H28N4OS/c1-3-13-29(14-4-1)31-17-9-19-33(27-31)44-48-43(30-15-5-2-6-16-30)49-45(50-44)37-23-12-25-39-41(37)36-22-11-21-35(42(36)51-39)32-18-10-20-34(28-32)46-47-38-24-7-8-26-40(38)52-46/h1-28H. The molecule has 0 aliphatic carbocycles. The van der Waals surface area contributed by atoms with E-state index in [9.17, 15) is 0 Å². The molecule has 0 aliphatic heterocycles. The molecule has 10 aromatic rings. The van der Waals surface area contributed by atoms with Crippen molar-refractivity contribution in [3.63, 3.8) is 0 Å². The molecule has 0 atom stereocenters. The summed E-state index contributed by atoms with van der Waals surface area (Å²) >= 11 is 1.71. The van der Waals surface area contributed by atoms with E-state index in [1.54, 1.807) is 11.3 Å². The Morgan fingerprint density at radius 1 is 0.404 bits per heavy atom. The van der Waals surface area contributed by atoms with Gasteiger partial charge in [0, 0.05) is 38.6 Å². The topological polar surface area (TPSA) is 64.7 Å². The molecule has 6 heteroatoms. The van der Waals surface area contributed by atoms with Crippen LogP contribution in [-0.2, 0) is 0 Å². The summed E-state index contributed by atoms with van der Waals surface area (Å²) in [5.74, 6) is 1.81. The van der Waals surface area contributed by atoms with Crippen LogP contribution < -0.4 is 0 Å². The lowest BCUT2D eigenvalue weighted by Crippen LogP contribution is -2.00. The van der Waals surface area contributed by atoms with E-state index < -0.39 is 0 Å². The van der Waals surface area contributed by atoms with Crippen LogP contribution in [0.15, 0.2) is 174 Å². The Morgan fingerprint density at radius 2 is 1.00 bits per heavy atom. The molecule has 0 saturated heterocycles. The SMILES string of the molecule is c1ccc(-c2cccc(-c3nc(-c4ccccc4)nc(-c4cccc5oc6c(-c7cccc(-c8nc9ccccc9s8)c7)cccc6c45)n3)c2)cc1. The van der Waals surface area contributed by atoms with Crippen molar-refractivity contribution in [2.45, 2.75) is 0 Å². The molecule has 0 radical (unpaired) electrons. The molecule has 0 saturated carbocycles. The third-order valence-corrected chi connectivity index (χ3v) is 10.5. The smallest absolute Gasteiger partial charge is 0.164 e. The maximum atomic E-state index is 6.70. The van der Waals surface area contributed by atoms with Crippen molar-refractivity contribution < 1.29 is 4.42 Å². The van der Waals surface area contributed by atoms with Gasteiger partial charge in [-0.25, -0.2) is 19.9 Å². The van der Waals surface area contributed by atoms with Crippen molar-refractivity contribution in [3.8, 4) is 67.0 Å². The van der Waals surface area contributed by atoms with Crippen LogP contribution in [0.25, 0.3) is 99.1 Å². The first kappa shape index (κ1) is 30.1. The zero-order valence-electron chi connectivity index (χ0n) is 27.8. The van der Waals surface area contributed by atoms with E-state index in [-0.39, 0.29) is 0 Å². The Kier molecular flexibility index (Phi) is 7.25. The maximum Gasteiger partial charge on any atom is 0.164 e. The molecule has 244 valence electrons. The summed E-state index contributed by atoms with van der Waals surface area (Å²) in [7, 11) is 0. The van der Waals surface area contributed by atoms with E-state index in [1.165, 1.54) is 4.70 Å². The highest BCUT2D eigenvalue weighted by atomic mass is 32.1. The first-order valence-electron chi connectivity index (χ1n) is 17.1. The molecule has 0 bridgehead atoms. The highest BCUT2D eigenvalue weighted by Gasteiger charge is 2.20. The molecule has 10 rings (SSSR count). The molecule has 5 nitrogen and oxygen atoms in total. The minimum atomic E-state index is 0.588. The predicted molar refractivity (Wildman–Crippen MR) is 213 cm³/mol. The van der Waals surface area contributed by atoms with Gasteiger partial charge in [-0.15, -0.1) is 11.3 Å². The Bertz CT molecular complexity index is 2880. The molecule has 3 heterocycles. The number of aromatic nitrogens is 4. The minimum absolute atomic E-state index is 0.588. The molecule has 7 aromatic carbocycles. The van der Waals surface area contributed by atoms with Gasteiger partial charge in [-0.3, -0.25) is 0 Å². The molecule has 0 amide bonds. The zero-order valence-corrected chi connectivity index (χ0v) is 28.6. The van der Waals surface area contributed by atoms with Gasteiger partial charge in [-0.05, 0) is 47.0 Å². The second kappa shape index (κ2) is 12.5. The Balaban J connectivity index is 1.13. The molecule has 0 unspecified atom stereocenters. The number of furan rings is 1. The van der Waals surface area contributed by atoms with Gasteiger partial charge >= 0.3 is 0 Å². The summed E-state index contributed by atoms with van der Waals surface area (Å²) < 4.78 is 7.88. The summed E-state index contributed by atoms with van der Waals surface area (Å²) in [6, 6.07) is 58.1. The third kappa shape index (κ3) is 5.34. The highest BCUT2D eigenvalue weighted by molar-refractivity contribution is 7.21. The molecule has 3 aromatic heterocycles. The van der Waals surface area contributed by atoms with Gasteiger partial charge in [0.2, 0.25) is 0 Å². The van der Waals surface area contributed by atoms with Crippen molar-refractivity contribution in [2.24, 2.45) is 0 Å². The van der Waals surface area contributed by atoms with Gasteiger partial charge in [0.15, 0.2) is 17.5 Å². The quantitative estimate of drug-likeness (QED) is 0.174. The molecule has 0 spiro atoms. The lowest BCUT2D eigenvalue weighted by atomic mass is 9.99. The summed E-state index contributed by atoms with van der Waals surface area (Å²) in [5, 5.41) is 2.97. The summed E-state index contributed by atoms with van der Waals surface area (Å²) in [5.41, 5.74) is 10.7. The van der Waals surface area contributed by atoms with Crippen LogP contribution >= 0.6 is 11.3 Å². The number of thiazole rings is 1. The van der Waals surface area contributed by atoms with Crippen LogP contribution in [0.4, 0.5) is 0 Å². The maximum absolute atomic E-state index is 6.70. The van der Waals surface area contributed by atoms with E-state index in [4.69, 9.17) is 24.4 Å². The lowest BCUT2D eigenvalue weighted by molar-refractivity contribution is 0.670. The summed E-state index contributed by atoms with van der Waals surface area (Å²) in [6.45, 7) is 0. The molecule has 0 N–H and O–H groups in total. The van der Waals surface area contributed by atoms with E-state index in [0.717, 1.165) is 77.0 Å². The monoisotopic (exact) mass is 684 g/mol. The molecular formula is C46H28N4OS. The van der Waals surface area contributed by atoms with E-state index in [0.29, 0.717) is 17.5 Å². The number of para-hydroxylation sites is 2. The van der Waals surface area contributed by atoms with E-state index >= 15 is 0 Å². The van der Waals surface area contributed by atoms with Crippen molar-refractivity contribution in [3.05, 3.63) is 170 Å². The number of benzene rings is 7. The average molecular weight is 685 g/mol. The van der Waals surface area contributed by atoms with Gasteiger partial charge in [0.1, 0.15) is 16.2 Å². The second-order valence-electron chi connectivity index (χ2n) is 12.6. The van der Waals surface area contributed by atoms with Gasteiger partial charge in [0.25, 0.3) is 0 Å². The molecule has 0 fully saturated rings. The number of hydrogen-bond acceptors (Lipinski definition) is 6. The lowest BCUT2D eigenvalue weighted by Gasteiger charge is -2.10. The Hall–Kier alpha value is -6.76. The van der Waals surface area contributed by atoms with Crippen molar-refractivity contribution in [2.75, 3.05) is 0 Å². The number of fused-ring (bicyclic) bond motifs is 4. The zero-order chi connectivity index (χ0) is 34.4. The average Bonchev–Trinajstić information content (AvgIpc) is 3.84. The normalized spacial score (nSPS) is 11.5. The fraction of sp³-hybridized carbons (Fsp3) is 0. The largest absolute Gasteiger partial charge is 0.455 e. The first-order valence-corrected chi connectivity index (χ1v) is 18.0. The first-order chi connectivity index (χ1) is 25.7. The van der Waals surface area contributed by atoms with Crippen LogP contribution in [-0.4, -0.2) is 19.9 Å². The predicted octanol–water partition coefficient (Wildman–Crippen LogP) is 12.4. The fourth-order valence-electron chi connectivity index (χ4n) is 6.89. The molecule has 52 heavy (non-hydrogen) atoms. The van der Waals surface area contributed by atoms with Gasteiger partial charge < -0.3 is 4.42 Å². The Labute approximate surface area is 303 Å². The third-order valence-electron chi connectivity index (χ3n) is 9.37. The van der Waals surface area contributed by atoms with Crippen molar-refractivity contribution in [1.82, 2.24) is 19.9 Å². The van der Waals surface area contributed by atoms with Crippen LogP contribution in [0.5, 0.6) is 0 Å². The summed E-state index contributed by atoms with van der Waals surface area (Å²) in [4.78, 5) is 20.2. The fourth-order valence-corrected chi connectivity index (χ4v) is 7.85. The van der Waals surface area contributed by atoms with Crippen LogP contribution in [0.3, 0.4) is 0 Å². The molecule has 0 aliphatic rings. The Morgan fingerprint density at radius 3 is 1.83 bits per heavy atom. The van der Waals surface area contributed by atoms with Gasteiger partial charge in [0.05, 0.1) is 10.2 Å². The highest BCUT2D eigenvalue weighted by Crippen LogP contribution is 2.41.